The molecule has 0 saturated carbocycles. The number of nitrogens with one attached hydrogen (secondary N) is 1. The molecule has 1 aromatic carbocycles. The van der Waals surface area contributed by atoms with Gasteiger partial charge in [0.05, 0.1) is 5.56 Å². The van der Waals surface area contributed by atoms with Crippen molar-refractivity contribution in [1.29, 1.82) is 0 Å². The van der Waals surface area contributed by atoms with E-state index < -0.39 is 17.2 Å². The van der Waals surface area contributed by atoms with Crippen LogP contribution in [0.25, 0.3) is 0 Å². The number of halogens is 3. The fourth-order valence-electron chi connectivity index (χ4n) is 1.34. The van der Waals surface area contributed by atoms with Gasteiger partial charge in [-0.2, -0.15) is 13.2 Å². The second-order valence-corrected chi connectivity index (χ2v) is 4.99. The van der Waals surface area contributed by atoms with Crippen LogP contribution in [-0.2, 0) is 11.0 Å². The number of rotatable bonds is 3. The predicted octanol–water partition coefficient (Wildman–Crippen LogP) is 3.66. The molecule has 0 aliphatic rings. The van der Waals surface area contributed by atoms with Crippen molar-refractivity contribution in [2.75, 3.05) is 11.1 Å². The summed E-state index contributed by atoms with van der Waals surface area (Å²) >= 11 is 0. The second kappa shape index (κ2) is 5.11. The number of carbonyl (C=O) groups excluding carboxylic acids is 1. The molecule has 0 bridgehead atoms. The summed E-state index contributed by atoms with van der Waals surface area (Å²) in [6.07, 6.45) is -3.95. The van der Waals surface area contributed by atoms with E-state index in [9.17, 15) is 18.0 Å². The Hall–Kier alpha value is -1.72. The Kier molecular flexibility index (Phi) is 4.12. The zero-order chi connectivity index (χ0) is 14.8. The summed E-state index contributed by atoms with van der Waals surface area (Å²) in [7, 11) is 0. The smallest absolute Gasteiger partial charge is 0.398 e. The van der Waals surface area contributed by atoms with E-state index in [2.05, 4.69) is 5.32 Å². The van der Waals surface area contributed by atoms with E-state index in [0.717, 1.165) is 12.1 Å². The highest BCUT2D eigenvalue weighted by molar-refractivity contribution is 5.95. The first-order chi connectivity index (χ1) is 8.58. The minimum absolute atomic E-state index is 0.0908. The number of hydrogen-bond acceptors (Lipinski definition) is 2. The average Bonchev–Trinajstić information content (AvgIpc) is 2.30. The lowest BCUT2D eigenvalue weighted by Gasteiger charge is -2.22. The molecule has 0 heterocycles. The molecular weight excluding hydrogens is 257 g/mol. The maximum absolute atomic E-state index is 12.7. The quantitative estimate of drug-likeness (QED) is 0.826. The van der Waals surface area contributed by atoms with Crippen LogP contribution in [0, 0.1) is 5.41 Å². The Morgan fingerprint density at radius 1 is 1.32 bits per heavy atom. The van der Waals surface area contributed by atoms with Crippen molar-refractivity contribution < 1.29 is 18.0 Å². The van der Waals surface area contributed by atoms with Crippen molar-refractivity contribution in [3.05, 3.63) is 23.8 Å². The zero-order valence-electron chi connectivity index (χ0n) is 11.1. The van der Waals surface area contributed by atoms with Crippen molar-refractivity contribution in [1.82, 2.24) is 0 Å². The third-order valence-electron chi connectivity index (χ3n) is 3.12. The van der Waals surface area contributed by atoms with Gasteiger partial charge < -0.3 is 11.1 Å². The Bertz CT molecular complexity index is 481. The van der Waals surface area contributed by atoms with E-state index in [1.807, 2.05) is 6.92 Å². The topological polar surface area (TPSA) is 55.1 Å². The van der Waals surface area contributed by atoms with E-state index >= 15 is 0 Å². The summed E-state index contributed by atoms with van der Waals surface area (Å²) in [6.45, 7) is 5.29. The molecule has 3 N–H and O–H groups in total. The van der Waals surface area contributed by atoms with Crippen LogP contribution in [0.3, 0.4) is 0 Å². The average molecular weight is 274 g/mol. The largest absolute Gasteiger partial charge is 0.418 e. The van der Waals surface area contributed by atoms with Gasteiger partial charge in [-0.1, -0.05) is 20.8 Å². The SMILES string of the molecule is CCC(C)(C)C(=O)Nc1ccc(N)c(C(F)(F)F)c1. The van der Waals surface area contributed by atoms with Crippen LogP contribution in [0.5, 0.6) is 0 Å². The van der Waals surface area contributed by atoms with Gasteiger partial charge in [-0.15, -0.1) is 0 Å². The zero-order valence-corrected chi connectivity index (χ0v) is 11.1. The predicted molar refractivity (Wildman–Crippen MR) is 68.6 cm³/mol. The molecule has 0 aliphatic carbocycles. The highest BCUT2D eigenvalue weighted by Gasteiger charge is 2.33. The Labute approximate surface area is 110 Å². The van der Waals surface area contributed by atoms with Crippen LogP contribution in [0.1, 0.15) is 32.8 Å². The number of carbonyl (C=O) groups is 1. The molecule has 0 unspecified atom stereocenters. The van der Waals surface area contributed by atoms with Crippen molar-refractivity contribution in [3.63, 3.8) is 0 Å². The van der Waals surface area contributed by atoms with Crippen molar-refractivity contribution in [2.24, 2.45) is 5.41 Å². The molecule has 0 saturated heterocycles. The number of alkyl halides is 3. The van der Waals surface area contributed by atoms with E-state index in [-0.39, 0.29) is 17.3 Å². The van der Waals surface area contributed by atoms with Gasteiger partial charge in [-0.05, 0) is 24.6 Å². The van der Waals surface area contributed by atoms with Gasteiger partial charge in [0.25, 0.3) is 0 Å². The summed E-state index contributed by atoms with van der Waals surface area (Å²) in [4.78, 5) is 11.9. The molecular formula is C13H17F3N2O. The van der Waals surface area contributed by atoms with E-state index in [4.69, 9.17) is 5.73 Å². The number of benzene rings is 1. The lowest BCUT2D eigenvalue weighted by Crippen LogP contribution is -2.30. The van der Waals surface area contributed by atoms with Crippen LogP contribution in [0.4, 0.5) is 24.5 Å². The van der Waals surface area contributed by atoms with Gasteiger partial charge in [0.15, 0.2) is 0 Å². The Morgan fingerprint density at radius 2 is 1.89 bits per heavy atom. The minimum atomic E-state index is -4.54. The van der Waals surface area contributed by atoms with Gasteiger partial charge in [0.1, 0.15) is 0 Å². The number of anilines is 2. The lowest BCUT2D eigenvalue weighted by atomic mass is 9.89. The molecule has 3 nitrogen and oxygen atoms in total. The van der Waals surface area contributed by atoms with Crippen LogP contribution >= 0.6 is 0 Å². The molecule has 1 aromatic rings. The molecule has 106 valence electrons. The third kappa shape index (κ3) is 3.62. The Balaban J connectivity index is 3.02. The molecule has 0 fully saturated rings. The third-order valence-corrected chi connectivity index (χ3v) is 3.12. The molecule has 6 heteroatoms. The molecule has 19 heavy (non-hydrogen) atoms. The van der Waals surface area contributed by atoms with E-state index in [0.29, 0.717) is 6.42 Å². The van der Waals surface area contributed by atoms with Gasteiger partial charge >= 0.3 is 6.18 Å². The normalized spacial score (nSPS) is 12.3. The first-order valence-electron chi connectivity index (χ1n) is 5.86. The van der Waals surface area contributed by atoms with Crippen molar-refractivity contribution in [2.45, 2.75) is 33.4 Å². The highest BCUT2D eigenvalue weighted by Crippen LogP contribution is 2.35. The standard InChI is InChI=1S/C13H17F3N2O/c1-4-12(2,3)11(19)18-8-5-6-10(17)9(7-8)13(14,15)16/h5-7H,4,17H2,1-3H3,(H,18,19). The fraction of sp³-hybridized carbons (Fsp3) is 0.462. The summed E-state index contributed by atoms with van der Waals surface area (Å²) in [5, 5.41) is 2.48. The molecule has 0 radical (unpaired) electrons. The van der Waals surface area contributed by atoms with E-state index in [1.165, 1.54) is 6.07 Å². The fourth-order valence-corrected chi connectivity index (χ4v) is 1.34. The number of nitrogens with two attached hydrogens (primary N) is 1. The number of nitrogen functional groups attached to an aromatic ring is 1. The maximum atomic E-state index is 12.7. The van der Waals surface area contributed by atoms with Gasteiger partial charge in [0.2, 0.25) is 5.91 Å². The van der Waals surface area contributed by atoms with Crippen LogP contribution in [0.2, 0.25) is 0 Å². The van der Waals surface area contributed by atoms with Crippen molar-refractivity contribution in [3.8, 4) is 0 Å². The lowest BCUT2D eigenvalue weighted by molar-refractivity contribution is -0.137. The molecule has 1 amide bonds. The van der Waals surface area contributed by atoms with Gasteiger partial charge in [0, 0.05) is 16.8 Å². The molecule has 0 atom stereocenters. The summed E-state index contributed by atoms with van der Waals surface area (Å²) in [6, 6.07) is 3.34. The summed E-state index contributed by atoms with van der Waals surface area (Å²) in [5.74, 6) is -0.326. The molecule has 1 rings (SSSR count). The maximum Gasteiger partial charge on any atom is 0.418 e. The summed E-state index contributed by atoms with van der Waals surface area (Å²) in [5.41, 5.74) is 3.43. The summed E-state index contributed by atoms with van der Waals surface area (Å²) < 4.78 is 38.0. The number of amides is 1. The molecule has 0 aromatic heterocycles. The monoisotopic (exact) mass is 274 g/mol. The molecule has 0 aliphatic heterocycles. The van der Waals surface area contributed by atoms with Gasteiger partial charge in [-0.25, -0.2) is 0 Å². The highest BCUT2D eigenvalue weighted by atomic mass is 19.4. The molecule has 0 spiro atoms. The van der Waals surface area contributed by atoms with Crippen LogP contribution < -0.4 is 11.1 Å². The van der Waals surface area contributed by atoms with Gasteiger partial charge in [-0.3, -0.25) is 4.79 Å². The van der Waals surface area contributed by atoms with E-state index in [1.54, 1.807) is 13.8 Å². The van der Waals surface area contributed by atoms with Crippen LogP contribution in [0.15, 0.2) is 18.2 Å². The first-order valence-corrected chi connectivity index (χ1v) is 5.86. The first kappa shape index (κ1) is 15.3. The number of hydrogen-bond donors (Lipinski definition) is 2. The second-order valence-electron chi connectivity index (χ2n) is 4.99. The Morgan fingerprint density at radius 3 is 2.37 bits per heavy atom. The van der Waals surface area contributed by atoms with Crippen molar-refractivity contribution >= 4 is 17.3 Å². The minimum Gasteiger partial charge on any atom is -0.398 e. The van der Waals surface area contributed by atoms with Crippen LogP contribution in [-0.4, -0.2) is 5.91 Å².